The molecule has 0 bridgehead atoms. The minimum absolute atomic E-state index is 0.149. The lowest BCUT2D eigenvalue weighted by molar-refractivity contribution is 0.0934. The molecule has 0 saturated heterocycles. The van der Waals surface area contributed by atoms with Gasteiger partial charge in [0.25, 0.3) is 5.91 Å². The van der Waals surface area contributed by atoms with Gasteiger partial charge in [-0.25, -0.2) is 0 Å². The number of aryl methyl sites for hydroxylation is 2. The summed E-state index contributed by atoms with van der Waals surface area (Å²) in [6.45, 7) is 8.14. The minimum atomic E-state index is -0.149. The Hall–Kier alpha value is -2.79. The summed E-state index contributed by atoms with van der Waals surface area (Å²) in [5, 5.41) is 4.18. The number of rotatable bonds is 8. The Morgan fingerprint density at radius 2 is 1.93 bits per heavy atom. The van der Waals surface area contributed by atoms with E-state index in [9.17, 15) is 4.79 Å². The second-order valence-electron chi connectivity index (χ2n) is 6.48. The number of aromatic amines is 1. The van der Waals surface area contributed by atoms with Crippen LogP contribution in [0.15, 0.2) is 42.5 Å². The quantitative estimate of drug-likeness (QED) is 0.589. The summed E-state index contributed by atoms with van der Waals surface area (Å²) in [7, 11) is 0. The van der Waals surface area contributed by atoms with Crippen LogP contribution in [0.5, 0.6) is 5.75 Å². The molecule has 0 aliphatic carbocycles. The van der Waals surface area contributed by atoms with Crippen molar-refractivity contribution in [1.29, 1.82) is 0 Å². The van der Waals surface area contributed by atoms with E-state index in [1.807, 2.05) is 25.1 Å². The molecule has 5 heteroatoms. The number of hydrogen-bond acceptors (Lipinski definition) is 3. The smallest absolute Gasteiger partial charge is 0.255 e. The molecule has 0 spiro atoms. The largest absolute Gasteiger partial charge is 0.490 e. The fraction of sp³-hybridized carbons (Fsp3) is 0.318. The van der Waals surface area contributed by atoms with Crippen LogP contribution in [0.25, 0.3) is 10.9 Å². The number of ether oxygens (including phenoxy) is 2. The highest BCUT2D eigenvalue weighted by atomic mass is 16.5. The first-order chi connectivity index (χ1) is 13.1. The summed E-state index contributed by atoms with van der Waals surface area (Å²) < 4.78 is 11.0. The molecule has 0 atom stereocenters. The molecule has 3 rings (SSSR count). The summed E-state index contributed by atoms with van der Waals surface area (Å²) in [4.78, 5) is 16.0. The number of hydrogen-bond donors (Lipinski definition) is 2. The number of amides is 1. The summed E-state index contributed by atoms with van der Waals surface area (Å²) in [6.07, 6.45) is 0. The van der Waals surface area contributed by atoms with Crippen LogP contribution in [0.2, 0.25) is 0 Å². The van der Waals surface area contributed by atoms with Crippen molar-refractivity contribution in [3.8, 4) is 5.75 Å². The van der Waals surface area contributed by atoms with Crippen molar-refractivity contribution in [2.24, 2.45) is 0 Å². The van der Waals surface area contributed by atoms with Crippen LogP contribution in [-0.2, 0) is 11.3 Å². The summed E-state index contributed by atoms with van der Waals surface area (Å²) in [5.74, 6) is 0.423. The van der Waals surface area contributed by atoms with Gasteiger partial charge in [-0.05, 0) is 56.2 Å². The third-order valence-electron chi connectivity index (χ3n) is 4.65. The van der Waals surface area contributed by atoms with Crippen molar-refractivity contribution >= 4 is 16.8 Å². The standard InChI is InChI=1S/C22H26N2O3/c1-4-26-11-12-27-21-8-6-5-7-18(21)22(25)23-14-17-9-10-20-19(13-17)15(2)16(3)24-20/h5-10,13,24H,4,11-12,14H2,1-3H3,(H,23,25). The molecule has 1 heterocycles. The van der Waals surface area contributed by atoms with E-state index in [1.54, 1.807) is 12.1 Å². The number of nitrogens with one attached hydrogen (secondary N) is 2. The molecule has 0 radical (unpaired) electrons. The third-order valence-corrected chi connectivity index (χ3v) is 4.65. The zero-order valence-electron chi connectivity index (χ0n) is 16.1. The number of fused-ring (bicyclic) bond motifs is 1. The van der Waals surface area contributed by atoms with Gasteiger partial charge < -0.3 is 19.8 Å². The summed E-state index contributed by atoms with van der Waals surface area (Å²) in [6, 6.07) is 13.5. The molecule has 0 saturated carbocycles. The topological polar surface area (TPSA) is 63.4 Å². The predicted octanol–water partition coefficient (Wildman–Crippen LogP) is 4.13. The highest BCUT2D eigenvalue weighted by Crippen LogP contribution is 2.23. The van der Waals surface area contributed by atoms with Crippen molar-refractivity contribution in [1.82, 2.24) is 10.3 Å². The third kappa shape index (κ3) is 4.49. The molecule has 1 aromatic heterocycles. The van der Waals surface area contributed by atoms with Crippen molar-refractivity contribution in [3.05, 3.63) is 64.8 Å². The summed E-state index contributed by atoms with van der Waals surface area (Å²) in [5.41, 5.74) is 5.13. The Labute approximate surface area is 159 Å². The first kappa shape index (κ1) is 19.0. The van der Waals surface area contributed by atoms with Gasteiger partial charge in [-0.2, -0.15) is 0 Å². The first-order valence-electron chi connectivity index (χ1n) is 9.25. The van der Waals surface area contributed by atoms with Gasteiger partial charge in [0.05, 0.1) is 12.2 Å². The highest BCUT2D eigenvalue weighted by molar-refractivity contribution is 5.97. The lowest BCUT2D eigenvalue weighted by atomic mass is 10.1. The number of carbonyl (C=O) groups excluding carboxylic acids is 1. The van der Waals surface area contributed by atoms with Crippen molar-refractivity contribution in [3.63, 3.8) is 0 Å². The molecule has 0 aliphatic heterocycles. The highest BCUT2D eigenvalue weighted by Gasteiger charge is 2.12. The van der Waals surface area contributed by atoms with E-state index >= 15 is 0 Å². The van der Waals surface area contributed by atoms with Crippen LogP contribution < -0.4 is 10.1 Å². The van der Waals surface area contributed by atoms with Crippen LogP contribution >= 0.6 is 0 Å². The molecule has 2 N–H and O–H groups in total. The Kier molecular flexibility index (Phi) is 6.14. The Morgan fingerprint density at radius 3 is 2.74 bits per heavy atom. The van der Waals surface area contributed by atoms with Gasteiger partial charge in [0.15, 0.2) is 0 Å². The zero-order chi connectivity index (χ0) is 19.2. The normalized spacial score (nSPS) is 10.9. The van der Waals surface area contributed by atoms with Crippen molar-refractivity contribution < 1.29 is 14.3 Å². The van der Waals surface area contributed by atoms with E-state index in [-0.39, 0.29) is 5.91 Å². The zero-order valence-corrected chi connectivity index (χ0v) is 16.1. The molecule has 3 aromatic rings. The van der Waals surface area contributed by atoms with E-state index in [4.69, 9.17) is 9.47 Å². The van der Waals surface area contributed by atoms with Gasteiger partial charge >= 0.3 is 0 Å². The van der Waals surface area contributed by atoms with E-state index in [0.717, 1.165) is 11.1 Å². The molecule has 1 amide bonds. The Balaban J connectivity index is 1.66. The Morgan fingerprint density at radius 1 is 1.11 bits per heavy atom. The van der Waals surface area contributed by atoms with Gasteiger partial charge in [-0.1, -0.05) is 18.2 Å². The number of benzene rings is 2. The van der Waals surface area contributed by atoms with E-state index in [1.165, 1.54) is 16.6 Å². The number of carbonyl (C=O) groups is 1. The maximum atomic E-state index is 12.6. The van der Waals surface area contributed by atoms with E-state index in [2.05, 4.69) is 36.3 Å². The van der Waals surface area contributed by atoms with Crippen LogP contribution in [0.1, 0.15) is 34.1 Å². The average molecular weight is 366 g/mol. The first-order valence-corrected chi connectivity index (χ1v) is 9.25. The van der Waals surface area contributed by atoms with Gasteiger partial charge in [0.1, 0.15) is 12.4 Å². The lowest BCUT2D eigenvalue weighted by Gasteiger charge is -2.12. The molecule has 27 heavy (non-hydrogen) atoms. The number of aromatic nitrogens is 1. The lowest BCUT2D eigenvalue weighted by Crippen LogP contribution is -2.23. The monoisotopic (exact) mass is 366 g/mol. The van der Waals surface area contributed by atoms with Crippen LogP contribution in [0, 0.1) is 13.8 Å². The maximum Gasteiger partial charge on any atom is 0.255 e. The van der Waals surface area contributed by atoms with Crippen LogP contribution in [0.3, 0.4) is 0 Å². The summed E-state index contributed by atoms with van der Waals surface area (Å²) >= 11 is 0. The molecular formula is C22H26N2O3. The molecule has 0 unspecified atom stereocenters. The second-order valence-corrected chi connectivity index (χ2v) is 6.48. The van der Waals surface area contributed by atoms with Crippen LogP contribution in [0.4, 0.5) is 0 Å². The fourth-order valence-electron chi connectivity index (χ4n) is 3.03. The van der Waals surface area contributed by atoms with Crippen LogP contribution in [-0.4, -0.2) is 30.7 Å². The maximum absolute atomic E-state index is 12.6. The molecule has 5 nitrogen and oxygen atoms in total. The molecule has 2 aromatic carbocycles. The predicted molar refractivity (Wildman–Crippen MR) is 107 cm³/mol. The molecule has 142 valence electrons. The van der Waals surface area contributed by atoms with Crippen molar-refractivity contribution in [2.75, 3.05) is 19.8 Å². The van der Waals surface area contributed by atoms with Crippen molar-refractivity contribution in [2.45, 2.75) is 27.3 Å². The Bertz CT molecular complexity index is 930. The van der Waals surface area contributed by atoms with E-state index < -0.39 is 0 Å². The second kappa shape index (κ2) is 8.73. The van der Waals surface area contributed by atoms with Gasteiger partial charge in [0, 0.05) is 29.7 Å². The minimum Gasteiger partial charge on any atom is -0.490 e. The molecule has 0 aliphatic rings. The SMILES string of the molecule is CCOCCOc1ccccc1C(=O)NCc1ccc2[nH]c(C)c(C)c2c1. The van der Waals surface area contributed by atoms with Gasteiger partial charge in [-0.15, -0.1) is 0 Å². The molecular weight excluding hydrogens is 340 g/mol. The average Bonchev–Trinajstić information content (AvgIpc) is 2.97. The van der Waals surface area contributed by atoms with E-state index in [0.29, 0.717) is 37.7 Å². The van der Waals surface area contributed by atoms with Gasteiger partial charge in [-0.3, -0.25) is 4.79 Å². The molecule has 0 fully saturated rings. The fourth-order valence-corrected chi connectivity index (χ4v) is 3.03. The number of para-hydroxylation sites is 1. The number of H-pyrrole nitrogens is 1. The van der Waals surface area contributed by atoms with Gasteiger partial charge in [0.2, 0.25) is 0 Å².